The largest absolute Gasteiger partial charge is 0.299 e. The molecule has 0 heterocycles. The molecule has 126 valence electrons. The third kappa shape index (κ3) is 2.46. The molecule has 1 saturated carbocycles. The smallest absolute Gasteiger partial charge is 0.140 e. The lowest BCUT2D eigenvalue weighted by Gasteiger charge is -2.45. The SMILES string of the molecule is CC(C)[C@H]1CC(=O)[C@@]2(C)[C@H](C=C([Si](C)(C)C(C)(C)C)[C@H]2C)C1. The number of ketones is 1. The summed E-state index contributed by atoms with van der Waals surface area (Å²) in [4.78, 5) is 13.0. The second-order valence-corrected chi connectivity index (χ2v) is 15.3. The van der Waals surface area contributed by atoms with Gasteiger partial charge in [-0.25, -0.2) is 0 Å². The number of fused-ring (bicyclic) bond motifs is 1. The first kappa shape index (κ1) is 18.0. The van der Waals surface area contributed by atoms with E-state index in [1.54, 1.807) is 5.20 Å². The molecule has 2 aliphatic carbocycles. The van der Waals surface area contributed by atoms with Crippen LogP contribution in [0, 0.1) is 29.1 Å². The zero-order chi connectivity index (χ0) is 17.1. The molecule has 0 radical (unpaired) electrons. The standard InChI is InChI=1S/C20H36OSi/c1-13(2)15-10-16-12-17(22(8,9)19(4,5)6)14(3)20(16,7)18(21)11-15/h12-16H,10-11H2,1-9H3/t14-,15-,16+,20-/m1/s1. The predicted molar refractivity (Wildman–Crippen MR) is 98.6 cm³/mol. The van der Waals surface area contributed by atoms with Gasteiger partial charge in [0.05, 0.1) is 8.07 Å². The highest BCUT2D eigenvalue weighted by Crippen LogP contribution is 2.58. The minimum atomic E-state index is -1.54. The van der Waals surface area contributed by atoms with Crippen molar-refractivity contribution < 1.29 is 4.79 Å². The topological polar surface area (TPSA) is 17.1 Å². The van der Waals surface area contributed by atoms with Gasteiger partial charge < -0.3 is 0 Å². The van der Waals surface area contributed by atoms with Gasteiger partial charge in [-0.2, -0.15) is 0 Å². The van der Waals surface area contributed by atoms with E-state index in [1.807, 2.05) is 0 Å². The molecule has 1 nitrogen and oxygen atoms in total. The van der Waals surface area contributed by atoms with Crippen LogP contribution < -0.4 is 0 Å². The zero-order valence-electron chi connectivity index (χ0n) is 16.2. The van der Waals surface area contributed by atoms with Crippen molar-refractivity contribution in [2.45, 2.75) is 79.4 Å². The lowest BCUT2D eigenvalue weighted by molar-refractivity contribution is -0.137. The predicted octanol–water partition coefficient (Wildman–Crippen LogP) is 5.87. The van der Waals surface area contributed by atoms with Crippen molar-refractivity contribution in [1.29, 1.82) is 0 Å². The third-order valence-corrected chi connectivity index (χ3v) is 13.5. The molecule has 0 saturated heterocycles. The summed E-state index contributed by atoms with van der Waals surface area (Å²) in [6, 6.07) is 0. The first-order chi connectivity index (χ1) is 9.83. The van der Waals surface area contributed by atoms with Gasteiger partial charge in [-0.15, -0.1) is 0 Å². The molecule has 2 heteroatoms. The number of Topliss-reactive ketones (excluding diaryl/α,β-unsaturated/α-hetero) is 1. The third-order valence-electron chi connectivity index (χ3n) is 7.66. The lowest BCUT2D eigenvalue weighted by Crippen LogP contribution is -2.47. The highest BCUT2D eigenvalue weighted by atomic mass is 28.3. The first-order valence-electron chi connectivity index (χ1n) is 9.09. The molecule has 0 aromatic heterocycles. The molecule has 4 atom stereocenters. The number of carbonyl (C=O) groups excluding carboxylic acids is 1. The van der Waals surface area contributed by atoms with E-state index in [-0.39, 0.29) is 5.41 Å². The molecule has 22 heavy (non-hydrogen) atoms. The molecular weight excluding hydrogens is 284 g/mol. The van der Waals surface area contributed by atoms with Gasteiger partial charge in [-0.3, -0.25) is 4.79 Å². The Balaban J connectivity index is 2.42. The molecule has 0 aliphatic heterocycles. The fourth-order valence-electron chi connectivity index (χ4n) is 4.50. The van der Waals surface area contributed by atoms with Crippen molar-refractivity contribution in [1.82, 2.24) is 0 Å². The summed E-state index contributed by atoms with van der Waals surface area (Å²) in [6.07, 6.45) is 4.57. The van der Waals surface area contributed by atoms with Crippen LogP contribution in [0.15, 0.2) is 11.3 Å². The van der Waals surface area contributed by atoms with E-state index in [9.17, 15) is 4.79 Å². The zero-order valence-corrected chi connectivity index (χ0v) is 17.2. The summed E-state index contributed by atoms with van der Waals surface area (Å²) in [7, 11) is -1.54. The Bertz CT molecular complexity index is 494. The molecule has 2 rings (SSSR count). The van der Waals surface area contributed by atoms with Crippen LogP contribution in [0.25, 0.3) is 0 Å². The molecule has 2 aliphatic rings. The van der Waals surface area contributed by atoms with E-state index in [1.165, 1.54) is 6.42 Å². The van der Waals surface area contributed by atoms with Gasteiger partial charge in [0, 0.05) is 11.8 Å². The van der Waals surface area contributed by atoms with E-state index < -0.39 is 8.07 Å². The van der Waals surface area contributed by atoms with Gasteiger partial charge in [0.1, 0.15) is 5.78 Å². The number of rotatable bonds is 2. The molecule has 0 unspecified atom stereocenters. The van der Waals surface area contributed by atoms with E-state index in [4.69, 9.17) is 0 Å². The van der Waals surface area contributed by atoms with E-state index in [2.05, 4.69) is 67.6 Å². The van der Waals surface area contributed by atoms with Crippen molar-refractivity contribution in [3.8, 4) is 0 Å². The average Bonchev–Trinajstić information content (AvgIpc) is 2.63. The Labute approximate surface area is 139 Å². The Morgan fingerprint density at radius 1 is 1.27 bits per heavy atom. The monoisotopic (exact) mass is 320 g/mol. The van der Waals surface area contributed by atoms with Crippen LogP contribution in [0.3, 0.4) is 0 Å². The molecule has 0 aromatic rings. The van der Waals surface area contributed by atoms with Crippen LogP contribution in [0.5, 0.6) is 0 Å². The highest BCUT2D eigenvalue weighted by Gasteiger charge is 2.57. The summed E-state index contributed by atoms with van der Waals surface area (Å²) in [6.45, 7) is 21.3. The van der Waals surface area contributed by atoms with Crippen LogP contribution in [-0.4, -0.2) is 13.9 Å². The highest BCUT2D eigenvalue weighted by molar-refractivity contribution is 6.87. The summed E-state index contributed by atoms with van der Waals surface area (Å²) in [5.74, 6) is 2.63. The van der Waals surface area contributed by atoms with Gasteiger partial charge in [0.15, 0.2) is 0 Å². The summed E-state index contributed by atoms with van der Waals surface area (Å²) in [5.41, 5.74) is -0.129. The summed E-state index contributed by atoms with van der Waals surface area (Å²) >= 11 is 0. The van der Waals surface area contributed by atoms with Crippen molar-refractivity contribution in [2.75, 3.05) is 0 Å². The number of carbonyl (C=O) groups is 1. The van der Waals surface area contributed by atoms with E-state index >= 15 is 0 Å². The molecular formula is C20H36OSi. The van der Waals surface area contributed by atoms with Gasteiger partial charge in [0.2, 0.25) is 0 Å². The lowest BCUT2D eigenvalue weighted by atomic mass is 9.60. The van der Waals surface area contributed by atoms with Crippen LogP contribution in [0.4, 0.5) is 0 Å². The van der Waals surface area contributed by atoms with E-state index in [0.717, 1.165) is 6.42 Å². The summed E-state index contributed by atoms with van der Waals surface area (Å²) in [5, 5.41) is 2.00. The minimum absolute atomic E-state index is 0.129. The van der Waals surface area contributed by atoms with Gasteiger partial charge in [0.25, 0.3) is 0 Å². The maximum Gasteiger partial charge on any atom is 0.140 e. The second-order valence-electron chi connectivity index (χ2n) is 9.97. The molecule has 0 N–H and O–H groups in total. The molecule has 0 bridgehead atoms. The Morgan fingerprint density at radius 2 is 1.82 bits per heavy atom. The molecule has 0 spiro atoms. The van der Waals surface area contributed by atoms with Gasteiger partial charge in [-0.1, -0.05) is 72.8 Å². The van der Waals surface area contributed by atoms with Crippen molar-refractivity contribution in [2.24, 2.45) is 29.1 Å². The Hall–Kier alpha value is -0.373. The van der Waals surface area contributed by atoms with Crippen LogP contribution >= 0.6 is 0 Å². The van der Waals surface area contributed by atoms with Crippen molar-refractivity contribution in [3.05, 3.63) is 11.3 Å². The maximum atomic E-state index is 13.0. The number of allylic oxidation sites excluding steroid dienone is 2. The fourth-order valence-corrected chi connectivity index (χ4v) is 7.36. The average molecular weight is 321 g/mol. The molecule has 0 aromatic carbocycles. The molecule has 0 amide bonds. The Morgan fingerprint density at radius 3 is 2.27 bits per heavy atom. The normalized spacial score (nSPS) is 36.5. The summed E-state index contributed by atoms with van der Waals surface area (Å²) < 4.78 is 0. The number of hydrogen-bond donors (Lipinski definition) is 0. The minimum Gasteiger partial charge on any atom is -0.299 e. The Kier molecular flexibility index (Phi) is 4.35. The van der Waals surface area contributed by atoms with Crippen LogP contribution in [0.1, 0.15) is 61.3 Å². The van der Waals surface area contributed by atoms with Crippen LogP contribution in [0.2, 0.25) is 18.1 Å². The van der Waals surface area contributed by atoms with Gasteiger partial charge >= 0.3 is 0 Å². The van der Waals surface area contributed by atoms with E-state index in [0.29, 0.717) is 34.5 Å². The maximum absolute atomic E-state index is 13.0. The number of hydrogen-bond acceptors (Lipinski definition) is 1. The van der Waals surface area contributed by atoms with Crippen molar-refractivity contribution >= 4 is 13.9 Å². The van der Waals surface area contributed by atoms with Crippen LogP contribution in [-0.2, 0) is 4.79 Å². The second kappa shape index (κ2) is 5.33. The van der Waals surface area contributed by atoms with Crippen molar-refractivity contribution in [3.63, 3.8) is 0 Å². The first-order valence-corrected chi connectivity index (χ1v) is 12.1. The molecule has 1 fully saturated rings. The van der Waals surface area contributed by atoms with Gasteiger partial charge in [-0.05, 0) is 35.1 Å². The fraction of sp³-hybridized carbons (Fsp3) is 0.850. The quantitative estimate of drug-likeness (QED) is 0.582.